The Kier molecular flexibility index (Phi) is 4.22. The summed E-state index contributed by atoms with van der Waals surface area (Å²) in [6.45, 7) is 13.7. The summed E-state index contributed by atoms with van der Waals surface area (Å²) >= 11 is 0. The van der Waals surface area contributed by atoms with E-state index in [-0.39, 0.29) is 0 Å². The second-order valence-electron chi connectivity index (χ2n) is 8.74. The monoisotopic (exact) mass is 356 g/mol. The van der Waals surface area contributed by atoms with Crippen molar-refractivity contribution in [1.29, 1.82) is 0 Å². The lowest BCUT2D eigenvalue weighted by Gasteiger charge is -2.19. The molecule has 4 rings (SSSR count). The van der Waals surface area contributed by atoms with Crippen molar-refractivity contribution < 1.29 is 4.57 Å². The molecule has 0 spiro atoms. The van der Waals surface area contributed by atoms with Crippen LogP contribution in [0.2, 0.25) is 0 Å². The Balaban J connectivity index is 2.04. The van der Waals surface area contributed by atoms with Gasteiger partial charge in [0.05, 0.1) is 11.0 Å². The maximum atomic E-state index is 2.43. The summed E-state index contributed by atoms with van der Waals surface area (Å²) in [5.41, 5.74) is 11.1. The van der Waals surface area contributed by atoms with E-state index in [2.05, 4.69) is 95.8 Å². The summed E-state index contributed by atoms with van der Waals surface area (Å²) in [6.07, 6.45) is 4.60. The highest BCUT2D eigenvalue weighted by Crippen LogP contribution is 2.41. The van der Waals surface area contributed by atoms with E-state index >= 15 is 0 Å². The zero-order valence-electron chi connectivity index (χ0n) is 17.6. The first-order valence-corrected chi connectivity index (χ1v) is 10.1. The molecule has 0 N–H and O–H groups in total. The molecule has 1 aromatic heterocycles. The SMILES string of the molecule is Cc1cc2c3c([n+](C)ccc3c1)C(c1cc(C(C)C)cc(C(C)C)c1C)=C2. The van der Waals surface area contributed by atoms with Gasteiger partial charge >= 0.3 is 0 Å². The van der Waals surface area contributed by atoms with Gasteiger partial charge in [-0.3, -0.25) is 0 Å². The molecule has 1 heterocycles. The number of hydrogen-bond donors (Lipinski definition) is 0. The summed E-state index contributed by atoms with van der Waals surface area (Å²) in [6, 6.07) is 11.7. The molecule has 1 heteroatoms. The van der Waals surface area contributed by atoms with Crippen LogP contribution in [0, 0.1) is 13.8 Å². The molecule has 0 bridgehead atoms. The molecule has 0 saturated heterocycles. The highest BCUT2D eigenvalue weighted by molar-refractivity contribution is 6.11. The molecule has 0 unspecified atom stereocenters. The van der Waals surface area contributed by atoms with E-state index in [0.29, 0.717) is 11.8 Å². The third-order valence-electron chi connectivity index (χ3n) is 6.01. The van der Waals surface area contributed by atoms with Gasteiger partial charge in [-0.05, 0) is 70.5 Å². The number of benzene rings is 2. The molecule has 0 saturated carbocycles. The van der Waals surface area contributed by atoms with Gasteiger partial charge in [0, 0.05) is 6.07 Å². The van der Waals surface area contributed by atoms with E-state index in [0.717, 1.165) is 0 Å². The highest BCUT2D eigenvalue weighted by atomic mass is 14.9. The van der Waals surface area contributed by atoms with E-state index in [4.69, 9.17) is 0 Å². The summed E-state index contributed by atoms with van der Waals surface area (Å²) in [7, 11) is 2.17. The Labute approximate surface area is 163 Å². The van der Waals surface area contributed by atoms with E-state index in [1.165, 1.54) is 55.4 Å². The van der Waals surface area contributed by atoms with Gasteiger partial charge < -0.3 is 0 Å². The third kappa shape index (κ3) is 2.81. The van der Waals surface area contributed by atoms with Crippen LogP contribution in [0.3, 0.4) is 0 Å². The highest BCUT2D eigenvalue weighted by Gasteiger charge is 2.28. The van der Waals surface area contributed by atoms with Gasteiger partial charge in [0.2, 0.25) is 5.69 Å². The molecule has 1 nitrogen and oxygen atoms in total. The third-order valence-corrected chi connectivity index (χ3v) is 6.01. The second kappa shape index (κ2) is 6.34. The van der Waals surface area contributed by atoms with Crippen molar-refractivity contribution in [1.82, 2.24) is 0 Å². The van der Waals surface area contributed by atoms with Crippen LogP contribution in [0.5, 0.6) is 0 Å². The second-order valence-corrected chi connectivity index (χ2v) is 8.74. The molecule has 3 aromatic rings. The first-order chi connectivity index (χ1) is 12.8. The van der Waals surface area contributed by atoms with Crippen LogP contribution >= 0.6 is 0 Å². The minimum atomic E-state index is 0.526. The first kappa shape index (κ1) is 18.0. The fourth-order valence-corrected chi connectivity index (χ4v) is 4.53. The van der Waals surface area contributed by atoms with E-state index < -0.39 is 0 Å². The molecule has 0 fully saturated rings. The van der Waals surface area contributed by atoms with Crippen molar-refractivity contribution in [3.05, 3.63) is 75.6 Å². The number of hydrogen-bond acceptors (Lipinski definition) is 0. The number of nitrogens with zero attached hydrogens (tertiary/aromatic N) is 1. The van der Waals surface area contributed by atoms with Crippen LogP contribution < -0.4 is 4.57 Å². The van der Waals surface area contributed by atoms with Crippen molar-refractivity contribution in [3.63, 3.8) is 0 Å². The zero-order valence-corrected chi connectivity index (χ0v) is 17.6. The summed E-state index contributed by atoms with van der Waals surface area (Å²) < 4.78 is 2.29. The Hall–Kier alpha value is -2.41. The number of pyridine rings is 1. The fourth-order valence-electron chi connectivity index (χ4n) is 4.53. The van der Waals surface area contributed by atoms with Crippen LogP contribution in [-0.4, -0.2) is 0 Å². The van der Waals surface area contributed by atoms with E-state index in [1.807, 2.05) is 0 Å². The first-order valence-electron chi connectivity index (χ1n) is 10.1. The molecular weight excluding hydrogens is 326 g/mol. The quantitative estimate of drug-likeness (QED) is 0.372. The van der Waals surface area contributed by atoms with Crippen LogP contribution in [0.4, 0.5) is 0 Å². The topological polar surface area (TPSA) is 3.88 Å². The fraction of sp³-hybridized carbons (Fsp3) is 0.346. The molecule has 0 radical (unpaired) electrons. The van der Waals surface area contributed by atoms with Gasteiger partial charge in [0.15, 0.2) is 6.20 Å². The van der Waals surface area contributed by atoms with Crippen LogP contribution in [0.1, 0.15) is 78.6 Å². The number of aryl methyl sites for hydroxylation is 2. The normalized spacial score (nSPS) is 13.1. The number of aromatic nitrogens is 1. The maximum Gasteiger partial charge on any atom is 0.221 e. The average molecular weight is 357 g/mol. The smallest absolute Gasteiger partial charge is 0.200 e. The Morgan fingerprint density at radius 2 is 1.63 bits per heavy atom. The summed E-state index contributed by atoms with van der Waals surface area (Å²) in [5, 5.41) is 2.73. The molecule has 2 aromatic carbocycles. The van der Waals surface area contributed by atoms with Gasteiger partial charge in [-0.1, -0.05) is 52.0 Å². The largest absolute Gasteiger partial charge is 0.221 e. The lowest BCUT2D eigenvalue weighted by molar-refractivity contribution is -0.672. The molecule has 1 aliphatic rings. The maximum absolute atomic E-state index is 2.43. The summed E-state index contributed by atoms with van der Waals surface area (Å²) in [4.78, 5) is 0. The zero-order chi connectivity index (χ0) is 19.5. The van der Waals surface area contributed by atoms with E-state index in [1.54, 1.807) is 0 Å². The lowest BCUT2D eigenvalue weighted by Crippen LogP contribution is -2.32. The van der Waals surface area contributed by atoms with Crippen molar-refractivity contribution in [2.45, 2.75) is 53.4 Å². The van der Waals surface area contributed by atoms with Gasteiger partial charge in [-0.2, -0.15) is 0 Å². The Morgan fingerprint density at radius 3 is 2.30 bits per heavy atom. The van der Waals surface area contributed by atoms with Gasteiger partial charge in [0.1, 0.15) is 7.05 Å². The van der Waals surface area contributed by atoms with E-state index in [9.17, 15) is 0 Å². The van der Waals surface area contributed by atoms with Gasteiger partial charge in [-0.15, -0.1) is 0 Å². The molecule has 0 atom stereocenters. The molecule has 0 amide bonds. The molecular formula is C26H30N+. The lowest BCUT2D eigenvalue weighted by atomic mass is 9.85. The average Bonchev–Trinajstić information content (AvgIpc) is 2.98. The van der Waals surface area contributed by atoms with Gasteiger partial charge in [0.25, 0.3) is 0 Å². The minimum absolute atomic E-state index is 0.526. The molecule has 1 aliphatic carbocycles. The number of rotatable bonds is 3. The van der Waals surface area contributed by atoms with Crippen LogP contribution in [0.15, 0.2) is 36.5 Å². The molecule has 0 aliphatic heterocycles. The van der Waals surface area contributed by atoms with Crippen molar-refractivity contribution in [3.8, 4) is 0 Å². The summed E-state index contributed by atoms with van der Waals surface area (Å²) in [5.74, 6) is 1.05. The minimum Gasteiger partial charge on any atom is -0.200 e. The van der Waals surface area contributed by atoms with Crippen molar-refractivity contribution in [2.75, 3.05) is 0 Å². The van der Waals surface area contributed by atoms with Crippen molar-refractivity contribution in [2.24, 2.45) is 7.05 Å². The van der Waals surface area contributed by atoms with Crippen molar-refractivity contribution >= 4 is 22.4 Å². The standard InChI is InChI=1S/C26H30N/c1-15(2)20-12-22(16(3)4)18(6)23(13-20)24-14-21-11-17(5)10-19-8-9-27(7)26(24)25(19)21/h8-16H,1-7H3/q+1. The molecule has 138 valence electrons. The Morgan fingerprint density at radius 1 is 0.889 bits per heavy atom. The molecule has 27 heavy (non-hydrogen) atoms. The van der Waals surface area contributed by atoms with Crippen LogP contribution in [0.25, 0.3) is 22.4 Å². The van der Waals surface area contributed by atoms with Gasteiger partial charge in [-0.25, -0.2) is 4.57 Å². The predicted molar refractivity (Wildman–Crippen MR) is 116 cm³/mol. The Bertz CT molecular complexity index is 1100. The van der Waals surface area contributed by atoms with Crippen LogP contribution in [-0.2, 0) is 7.05 Å². The predicted octanol–water partition coefficient (Wildman–Crippen LogP) is 6.43.